The van der Waals surface area contributed by atoms with Gasteiger partial charge in [-0.3, -0.25) is 4.98 Å². The Labute approximate surface area is 153 Å². The van der Waals surface area contributed by atoms with Gasteiger partial charge in [-0.15, -0.1) is 0 Å². The van der Waals surface area contributed by atoms with E-state index in [1.54, 1.807) is 42.5 Å². The van der Waals surface area contributed by atoms with Crippen molar-refractivity contribution < 1.29 is 18.3 Å². The van der Waals surface area contributed by atoms with Gasteiger partial charge < -0.3 is 5.11 Å². The van der Waals surface area contributed by atoms with Crippen LogP contribution in [0.2, 0.25) is 5.02 Å². The molecule has 1 aromatic heterocycles. The lowest BCUT2D eigenvalue weighted by molar-refractivity contribution is -0.272. The summed E-state index contributed by atoms with van der Waals surface area (Å²) < 4.78 is 42.6. The first-order valence-corrected chi connectivity index (χ1v) is 8.23. The van der Waals surface area contributed by atoms with Crippen LogP contribution >= 0.6 is 11.6 Å². The lowest BCUT2D eigenvalue weighted by Gasteiger charge is -2.38. The molecule has 2 nitrogen and oxygen atoms in total. The van der Waals surface area contributed by atoms with Crippen molar-refractivity contribution in [3.63, 3.8) is 0 Å². The second-order valence-corrected chi connectivity index (χ2v) is 6.31. The summed E-state index contributed by atoms with van der Waals surface area (Å²) in [4.78, 5) is 4.09. The molecule has 2 unspecified atom stereocenters. The van der Waals surface area contributed by atoms with Gasteiger partial charge in [-0.05, 0) is 35.4 Å². The van der Waals surface area contributed by atoms with Gasteiger partial charge in [-0.2, -0.15) is 13.2 Å². The SMILES string of the molecule is OC(c1ccc(Cl)cc1)(C(c1ccccc1)c1ccccn1)C(F)(F)F. The lowest BCUT2D eigenvalue weighted by Crippen LogP contribution is -2.48. The van der Waals surface area contributed by atoms with E-state index in [4.69, 9.17) is 11.6 Å². The number of benzene rings is 2. The smallest absolute Gasteiger partial charge is 0.376 e. The molecule has 0 saturated carbocycles. The predicted octanol–water partition coefficient (Wildman–Crippen LogP) is 5.32. The second kappa shape index (κ2) is 7.09. The summed E-state index contributed by atoms with van der Waals surface area (Å²) in [6.45, 7) is 0. The van der Waals surface area contributed by atoms with Crippen molar-refractivity contribution in [3.8, 4) is 0 Å². The van der Waals surface area contributed by atoms with Crippen LogP contribution in [0.5, 0.6) is 0 Å². The summed E-state index contributed by atoms with van der Waals surface area (Å²) in [6, 6.07) is 17.8. The first-order valence-electron chi connectivity index (χ1n) is 7.85. The number of hydrogen-bond donors (Lipinski definition) is 1. The molecule has 6 heteroatoms. The molecule has 134 valence electrons. The van der Waals surface area contributed by atoms with Crippen LogP contribution in [0.1, 0.15) is 22.7 Å². The van der Waals surface area contributed by atoms with Gasteiger partial charge in [0.15, 0.2) is 5.60 Å². The van der Waals surface area contributed by atoms with Gasteiger partial charge in [0, 0.05) is 11.2 Å². The van der Waals surface area contributed by atoms with E-state index in [1.807, 2.05) is 0 Å². The monoisotopic (exact) mass is 377 g/mol. The summed E-state index contributed by atoms with van der Waals surface area (Å²) >= 11 is 5.81. The Morgan fingerprint density at radius 1 is 0.846 bits per heavy atom. The van der Waals surface area contributed by atoms with E-state index >= 15 is 0 Å². The Morgan fingerprint density at radius 2 is 1.46 bits per heavy atom. The fourth-order valence-corrected chi connectivity index (χ4v) is 3.14. The highest BCUT2D eigenvalue weighted by Crippen LogP contribution is 2.51. The van der Waals surface area contributed by atoms with Crippen molar-refractivity contribution in [2.75, 3.05) is 0 Å². The van der Waals surface area contributed by atoms with Crippen molar-refractivity contribution >= 4 is 11.6 Å². The summed E-state index contributed by atoms with van der Waals surface area (Å²) in [7, 11) is 0. The summed E-state index contributed by atoms with van der Waals surface area (Å²) in [5, 5.41) is 11.4. The van der Waals surface area contributed by atoms with Crippen LogP contribution in [0.3, 0.4) is 0 Å². The molecule has 0 aliphatic carbocycles. The second-order valence-electron chi connectivity index (χ2n) is 5.87. The zero-order valence-corrected chi connectivity index (χ0v) is 14.2. The lowest BCUT2D eigenvalue weighted by atomic mass is 9.74. The van der Waals surface area contributed by atoms with Crippen molar-refractivity contribution in [1.82, 2.24) is 4.98 Å². The van der Waals surface area contributed by atoms with E-state index in [0.717, 1.165) is 0 Å². The fraction of sp³-hybridized carbons (Fsp3) is 0.150. The highest BCUT2D eigenvalue weighted by atomic mass is 35.5. The Balaban J connectivity index is 2.28. The Morgan fingerprint density at radius 3 is 2.00 bits per heavy atom. The Hall–Kier alpha value is -2.37. The third kappa shape index (κ3) is 3.32. The van der Waals surface area contributed by atoms with Crippen LogP contribution in [0.4, 0.5) is 13.2 Å². The highest BCUT2D eigenvalue weighted by Gasteiger charge is 2.60. The standard InChI is InChI=1S/C20H15ClF3NO/c21-16-11-9-15(10-12-16)19(26,20(22,23)24)18(14-6-2-1-3-7-14)17-8-4-5-13-25-17/h1-13,18,26H. The molecule has 2 aromatic carbocycles. The molecule has 0 fully saturated rings. The number of rotatable bonds is 4. The van der Waals surface area contributed by atoms with Gasteiger partial charge >= 0.3 is 6.18 Å². The fourth-order valence-electron chi connectivity index (χ4n) is 3.02. The minimum Gasteiger partial charge on any atom is -0.376 e. The van der Waals surface area contributed by atoms with Gasteiger partial charge in [-0.1, -0.05) is 60.1 Å². The van der Waals surface area contributed by atoms with Gasteiger partial charge in [0.1, 0.15) is 0 Å². The third-order valence-corrected chi connectivity index (χ3v) is 4.50. The molecule has 3 rings (SSSR count). The minimum atomic E-state index is -4.95. The first kappa shape index (κ1) is 18.4. The third-order valence-electron chi connectivity index (χ3n) is 4.25. The molecule has 0 radical (unpaired) electrons. The molecule has 3 aromatic rings. The summed E-state index contributed by atoms with van der Waals surface area (Å²) in [6.07, 6.45) is -3.54. The molecule has 0 aliphatic rings. The van der Waals surface area contributed by atoms with E-state index in [9.17, 15) is 18.3 Å². The van der Waals surface area contributed by atoms with Gasteiger partial charge in [-0.25, -0.2) is 0 Å². The Kier molecular flexibility index (Phi) is 5.03. The molecular formula is C20H15ClF3NO. The van der Waals surface area contributed by atoms with E-state index in [2.05, 4.69) is 4.98 Å². The zero-order valence-electron chi connectivity index (χ0n) is 13.5. The van der Waals surface area contributed by atoms with Crippen LogP contribution in [-0.4, -0.2) is 16.3 Å². The van der Waals surface area contributed by atoms with Gasteiger partial charge in [0.05, 0.1) is 11.6 Å². The van der Waals surface area contributed by atoms with E-state index < -0.39 is 17.7 Å². The zero-order chi connectivity index (χ0) is 18.8. The molecule has 0 aliphatic heterocycles. The number of hydrogen-bond acceptors (Lipinski definition) is 2. The van der Waals surface area contributed by atoms with Crippen LogP contribution in [0.25, 0.3) is 0 Å². The number of nitrogens with zero attached hydrogens (tertiary/aromatic N) is 1. The molecule has 1 N–H and O–H groups in total. The van der Waals surface area contributed by atoms with Crippen LogP contribution in [-0.2, 0) is 5.60 Å². The van der Waals surface area contributed by atoms with Crippen molar-refractivity contribution in [1.29, 1.82) is 0 Å². The summed E-state index contributed by atoms with van der Waals surface area (Å²) in [5.41, 5.74) is -3.05. The van der Waals surface area contributed by atoms with E-state index in [-0.39, 0.29) is 16.3 Å². The van der Waals surface area contributed by atoms with Crippen molar-refractivity contribution in [2.24, 2.45) is 0 Å². The minimum absolute atomic E-state index is 0.119. The van der Waals surface area contributed by atoms with Crippen LogP contribution in [0.15, 0.2) is 79.0 Å². The maximum Gasteiger partial charge on any atom is 0.422 e. The largest absolute Gasteiger partial charge is 0.422 e. The average Bonchev–Trinajstić information content (AvgIpc) is 2.63. The van der Waals surface area contributed by atoms with Crippen LogP contribution in [0, 0.1) is 0 Å². The number of halogens is 4. The maximum atomic E-state index is 14.2. The first-order chi connectivity index (χ1) is 12.3. The molecule has 2 atom stereocenters. The maximum absolute atomic E-state index is 14.2. The Bertz CT molecular complexity index is 814. The van der Waals surface area contributed by atoms with Crippen molar-refractivity contribution in [3.05, 3.63) is 101 Å². The topological polar surface area (TPSA) is 33.1 Å². The summed E-state index contributed by atoms with van der Waals surface area (Å²) in [5.74, 6) is -1.44. The molecule has 0 saturated heterocycles. The molecule has 26 heavy (non-hydrogen) atoms. The number of aromatic nitrogens is 1. The number of alkyl halides is 3. The number of pyridine rings is 1. The molecule has 1 heterocycles. The molecule has 0 amide bonds. The van der Waals surface area contributed by atoms with Gasteiger partial charge in [0.2, 0.25) is 0 Å². The predicted molar refractivity (Wildman–Crippen MR) is 93.9 cm³/mol. The van der Waals surface area contributed by atoms with E-state index in [1.165, 1.54) is 36.5 Å². The van der Waals surface area contributed by atoms with Gasteiger partial charge in [0.25, 0.3) is 0 Å². The van der Waals surface area contributed by atoms with Crippen LogP contribution < -0.4 is 0 Å². The average molecular weight is 378 g/mol. The van der Waals surface area contributed by atoms with E-state index in [0.29, 0.717) is 5.56 Å². The highest BCUT2D eigenvalue weighted by molar-refractivity contribution is 6.30. The molecule has 0 spiro atoms. The molecule has 0 bridgehead atoms. The quantitative estimate of drug-likeness (QED) is 0.667. The number of aliphatic hydroxyl groups is 1. The molecular weight excluding hydrogens is 363 g/mol. The van der Waals surface area contributed by atoms with Crippen molar-refractivity contribution in [2.45, 2.75) is 17.7 Å². The normalized spacial score (nSPS) is 15.3.